The molecule has 4 rings (SSSR count). The zero-order chi connectivity index (χ0) is 19.8. The molecule has 1 fully saturated rings. The monoisotopic (exact) mass is 383 g/mol. The van der Waals surface area contributed by atoms with Gasteiger partial charge < -0.3 is 20.7 Å². The number of fused-ring (bicyclic) bond motifs is 1. The van der Waals surface area contributed by atoms with Gasteiger partial charge in [0.15, 0.2) is 0 Å². The van der Waals surface area contributed by atoms with Crippen molar-refractivity contribution in [3.8, 4) is 5.75 Å². The average molecular weight is 383 g/mol. The molecule has 2 heterocycles. The summed E-state index contributed by atoms with van der Waals surface area (Å²) in [5.74, 6) is -1.12. The van der Waals surface area contributed by atoms with Gasteiger partial charge in [0, 0.05) is 37.2 Å². The average Bonchev–Trinajstić information content (AvgIpc) is 3.20. The van der Waals surface area contributed by atoms with E-state index in [4.69, 9.17) is 10.5 Å². The Morgan fingerprint density at radius 2 is 1.96 bits per heavy atom. The van der Waals surface area contributed by atoms with Gasteiger partial charge in [-0.1, -0.05) is 0 Å². The van der Waals surface area contributed by atoms with Crippen LogP contribution >= 0.6 is 0 Å². The van der Waals surface area contributed by atoms with Gasteiger partial charge in [-0.15, -0.1) is 0 Å². The van der Waals surface area contributed by atoms with E-state index < -0.39 is 11.7 Å². The molecule has 2 amide bonds. The first-order chi connectivity index (χ1) is 13.5. The maximum atomic E-state index is 14.1. The Morgan fingerprint density at radius 1 is 1.21 bits per heavy atom. The summed E-state index contributed by atoms with van der Waals surface area (Å²) >= 11 is 0. The van der Waals surface area contributed by atoms with E-state index in [1.54, 1.807) is 12.1 Å². The summed E-state index contributed by atoms with van der Waals surface area (Å²) in [6.45, 7) is 1.69. The van der Waals surface area contributed by atoms with Gasteiger partial charge in [-0.05, 0) is 48.2 Å². The highest BCUT2D eigenvalue weighted by atomic mass is 19.1. The van der Waals surface area contributed by atoms with Crippen molar-refractivity contribution in [1.82, 2.24) is 0 Å². The van der Waals surface area contributed by atoms with Gasteiger partial charge >= 0.3 is 0 Å². The van der Waals surface area contributed by atoms with Crippen LogP contribution in [0.2, 0.25) is 0 Å². The molecule has 1 unspecified atom stereocenters. The number of carbonyl (C=O) groups excluding carboxylic acids is 2. The number of primary amides is 1. The minimum Gasteiger partial charge on any atom is -0.497 e. The minimum absolute atomic E-state index is 0.153. The summed E-state index contributed by atoms with van der Waals surface area (Å²) in [6.07, 6.45) is 2.25. The lowest BCUT2D eigenvalue weighted by Gasteiger charge is -2.29. The summed E-state index contributed by atoms with van der Waals surface area (Å²) < 4.78 is 19.2. The lowest BCUT2D eigenvalue weighted by molar-refractivity contribution is -0.116. The quantitative estimate of drug-likeness (QED) is 0.850. The van der Waals surface area contributed by atoms with E-state index in [1.807, 2.05) is 6.07 Å². The summed E-state index contributed by atoms with van der Waals surface area (Å²) in [5.41, 5.74) is 8.83. The van der Waals surface area contributed by atoms with Crippen molar-refractivity contribution in [2.75, 3.05) is 30.4 Å². The molecule has 1 saturated heterocycles. The highest BCUT2D eigenvalue weighted by molar-refractivity contribution is 6.03. The van der Waals surface area contributed by atoms with Gasteiger partial charge in [-0.25, -0.2) is 4.39 Å². The zero-order valence-corrected chi connectivity index (χ0v) is 15.6. The molecule has 6 nitrogen and oxygen atoms in total. The van der Waals surface area contributed by atoms with Crippen LogP contribution in [-0.4, -0.2) is 32.0 Å². The Morgan fingerprint density at radius 3 is 2.64 bits per heavy atom. The number of hydrogen-bond donors (Lipinski definition) is 2. The second-order valence-corrected chi connectivity index (χ2v) is 7.24. The first-order valence-corrected chi connectivity index (χ1v) is 9.33. The molecule has 7 heteroatoms. The molecule has 0 spiro atoms. The number of amides is 2. The predicted octanol–water partition coefficient (Wildman–Crippen LogP) is 3.01. The third kappa shape index (κ3) is 3.28. The molecule has 0 aromatic heterocycles. The highest BCUT2D eigenvalue weighted by Gasteiger charge is 2.30. The molecule has 3 N–H and O–H groups in total. The van der Waals surface area contributed by atoms with Crippen LogP contribution in [0.4, 0.5) is 15.8 Å². The molecular weight excluding hydrogens is 361 g/mol. The summed E-state index contributed by atoms with van der Waals surface area (Å²) in [6, 6.07) is 7.97. The second-order valence-electron chi connectivity index (χ2n) is 7.24. The van der Waals surface area contributed by atoms with Gasteiger partial charge in [0.2, 0.25) is 5.91 Å². The fourth-order valence-corrected chi connectivity index (χ4v) is 4.12. The molecule has 2 aliphatic heterocycles. The zero-order valence-electron chi connectivity index (χ0n) is 15.6. The Labute approximate surface area is 162 Å². The van der Waals surface area contributed by atoms with Crippen molar-refractivity contribution in [2.45, 2.75) is 25.2 Å². The molecule has 2 aliphatic rings. The van der Waals surface area contributed by atoms with Gasteiger partial charge in [-0.3, -0.25) is 9.59 Å². The third-order valence-corrected chi connectivity index (χ3v) is 5.45. The first-order valence-electron chi connectivity index (χ1n) is 9.33. The molecule has 0 bridgehead atoms. The number of benzene rings is 2. The summed E-state index contributed by atoms with van der Waals surface area (Å²) in [5, 5.41) is 2.89. The molecule has 28 heavy (non-hydrogen) atoms. The van der Waals surface area contributed by atoms with E-state index in [1.165, 1.54) is 19.2 Å². The molecule has 146 valence electrons. The molecule has 0 aliphatic carbocycles. The number of carbonyl (C=O) groups is 2. The van der Waals surface area contributed by atoms with Crippen LogP contribution in [0.3, 0.4) is 0 Å². The highest BCUT2D eigenvalue weighted by Crippen LogP contribution is 2.42. The smallest absolute Gasteiger partial charge is 0.250 e. The molecular formula is C21H22FN3O3. The number of nitrogens with zero attached hydrogens (tertiary/aromatic N) is 1. The lowest BCUT2D eigenvalue weighted by atomic mass is 9.83. The number of rotatable bonds is 4. The standard InChI is InChI=1S/C21H22FN3O3/c1-28-14-7-12(6-13(22)8-14)15-10-20(26)24-18-11-19(25-4-2-3-5-25)17(21(23)27)9-16(15)18/h6-9,11,15H,2-5,10H2,1H3,(H2,23,27)(H,24,26). The van der Waals surface area contributed by atoms with Crippen LogP contribution < -0.4 is 20.7 Å². The van der Waals surface area contributed by atoms with E-state index in [0.29, 0.717) is 22.6 Å². The van der Waals surface area contributed by atoms with Crippen molar-refractivity contribution >= 4 is 23.2 Å². The van der Waals surface area contributed by atoms with Gasteiger partial charge in [0.05, 0.1) is 18.4 Å². The van der Waals surface area contributed by atoms with Crippen LogP contribution in [0.25, 0.3) is 0 Å². The lowest BCUT2D eigenvalue weighted by Crippen LogP contribution is -2.27. The molecule has 2 aromatic carbocycles. The van der Waals surface area contributed by atoms with Crippen molar-refractivity contribution in [2.24, 2.45) is 5.73 Å². The van der Waals surface area contributed by atoms with Crippen molar-refractivity contribution < 1.29 is 18.7 Å². The van der Waals surface area contributed by atoms with E-state index in [2.05, 4.69) is 10.2 Å². The van der Waals surface area contributed by atoms with Crippen LogP contribution in [0.1, 0.15) is 46.7 Å². The van der Waals surface area contributed by atoms with E-state index >= 15 is 0 Å². The van der Waals surface area contributed by atoms with Gasteiger partial charge in [0.25, 0.3) is 5.91 Å². The number of ether oxygens (including phenoxy) is 1. The normalized spacial score (nSPS) is 18.6. The number of halogens is 1. The predicted molar refractivity (Wildman–Crippen MR) is 104 cm³/mol. The van der Waals surface area contributed by atoms with E-state index in [0.717, 1.165) is 37.2 Å². The molecule has 0 radical (unpaired) electrons. The SMILES string of the molecule is COc1cc(F)cc(C2CC(=O)Nc3cc(N4CCCC4)c(C(N)=O)cc32)c1. The number of methoxy groups -OCH3 is 1. The Balaban J connectivity index is 1.85. The van der Waals surface area contributed by atoms with Gasteiger partial charge in [-0.2, -0.15) is 0 Å². The maximum absolute atomic E-state index is 14.1. The van der Waals surface area contributed by atoms with Crippen LogP contribution in [0.5, 0.6) is 5.75 Å². The second kappa shape index (κ2) is 7.14. The minimum atomic E-state index is -0.517. The Bertz CT molecular complexity index is 954. The molecule has 1 atom stereocenters. The number of hydrogen-bond acceptors (Lipinski definition) is 4. The van der Waals surface area contributed by atoms with E-state index in [9.17, 15) is 14.0 Å². The van der Waals surface area contributed by atoms with Crippen molar-refractivity contribution in [3.05, 3.63) is 52.8 Å². The van der Waals surface area contributed by atoms with Crippen LogP contribution in [-0.2, 0) is 4.79 Å². The van der Waals surface area contributed by atoms with Crippen LogP contribution in [0.15, 0.2) is 30.3 Å². The fourth-order valence-electron chi connectivity index (χ4n) is 4.12. The molecule has 0 saturated carbocycles. The summed E-state index contributed by atoms with van der Waals surface area (Å²) in [7, 11) is 1.47. The molecule has 2 aromatic rings. The number of anilines is 2. The Hall–Kier alpha value is -3.09. The van der Waals surface area contributed by atoms with E-state index in [-0.39, 0.29) is 18.2 Å². The Kier molecular flexibility index (Phi) is 4.66. The first kappa shape index (κ1) is 18.3. The maximum Gasteiger partial charge on any atom is 0.250 e. The third-order valence-electron chi connectivity index (χ3n) is 5.45. The topological polar surface area (TPSA) is 84.7 Å². The van der Waals surface area contributed by atoms with Crippen LogP contribution in [0, 0.1) is 5.82 Å². The fraction of sp³-hybridized carbons (Fsp3) is 0.333. The van der Waals surface area contributed by atoms with Gasteiger partial charge in [0.1, 0.15) is 11.6 Å². The van der Waals surface area contributed by atoms with Crippen molar-refractivity contribution in [1.29, 1.82) is 0 Å². The summed E-state index contributed by atoms with van der Waals surface area (Å²) in [4.78, 5) is 26.6. The largest absolute Gasteiger partial charge is 0.497 e. The number of nitrogens with two attached hydrogens (primary N) is 1. The van der Waals surface area contributed by atoms with Crippen molar-refractivity contribution in [3.63, 3.8) is 0 Å². The number of nitrogens with one attached hydrogen (secondary N) is 1.